The van der Waals surface area contributed by atoms with Gasteiger partial charge in [0.25, 0.3) is 0 Å². The lowest BCUT2D eigenvalue weighted by Gasteiger charge is -2.29. The second kappa shape index (κ2) is 11.7. The molecule has 0 aliphatic rings. The van der Waals surface area contributed by atoms with E-state index >= 15 is 0 Å². The molecule has 0 aliphatic carbocycles. The van der Waals surface area contributed by atoms with Gasteiger partial charge in [-0.2, -0.15) is 0 Å². The molecule has 0 radical (unpaired) electrons. The van der Waals surface area contributed by atoms with Crippen molar-refractivity contribution < 1.29 is 4.42 Å². The molecule has 0 atom stereocenters. The standard InChI is InChI=1S/C50H32N2O/c1-4-18-38-33(14-1)16-13-26-45(38)51(35-28-29-50-44(31-35)42-22-8-12-27-49(42)53-50)48-25-11-7-21-41(48)43-32-36(30-34-15-2-3-17-37(34)43)52-46-23-9-5-19-39(46)40-20-6-10-24-47(40)52/h1-32H. The summed E-state index contributed by atoms with van der Waals surface area (Å²) in [5.41, 5.74) is 10.9. The van der Waals surface area contributed by atoms with E-state index in [0.29, 0.717) is 0 Å². The van der Waals surface area contributed by atoms with Gasteiger partial charge < -0.3 is 13.9 Å². The zero-order valence-corrected chi connectivity index (χ0v) is 28.8. The molecule has 248 valence electrons. The van der Waals surface area contributed by atoms with Gasteiger partial charge in [0.15, 0.2) is 0 Å². The molecular weight excluding hydrogens is 645 g/mol. The van der Waals surface area contributed by atoms with E-state index in [4.69, 9.17) is 4.42 Å². The van der Waals surface area contributed by atoms with Crippen LogP contribution in [0.5, 0.6) is 0 Å². The fraction of sp³-hybridized carbons (Fsp3) is 0. The summed E-state index contributed by atoms with van der Waals surface area (Å²) in [4.78, 5) is 2.43. The molecule has 2 aromatic heterocycles. The third kappa shape index (κ3) is 4.61. The Morgan fingerprint density at radius 1 is 0.358 bits per heavy atom. The normalized spacial score (nSPS) is 11.8. The van der Waals surface area contributed by atoms with Gasteiger partial charge in [0.1, 0.15) is 11.2 Å². The monoisotopic (exact) mass is 676 g/mol. The highest BCUT2D eigenvalue weighted by Gasteiger charge is 2.22. The van der Waals surface area contributed by atoms with Crippen LogP contribution in [-0.4, -0.2) is 4.57 Å². The molecule has 53 heavy (non-hydrogen) atoms. The molecule has 0 spiro atoms. The number of nitrogens with zero attached hydrogens (tertiary/aromatic N) is 2. The molecule has 0 bridgehead atoms. The van der Waals surface area contributed by atoms with E-state index in [9.17, 15) is 0 Å². The van der Waals surface area contributed by atoms with Gasteiger partial charge in [-0.3, -0.25) is 0 Å². The molecule has 3 nitrogen and oxygen atoms in total. The minimum absolute atomic E-state index is 0.881. The predicted octanol–water partition coefficient (Wildman–Crippen LogP) is 14.1. The van der Waals surface area contributed by atoms with E-state index in [2.05, 4.69) is 191 Å². The molecule has 0 aliphatic heterocycles. The maximum absolute atomic E-state index is 6.30. The molecule has 0 unspecified atom stereocenters. The summed E-state index contributed by atoms with van der Waals surface area (Å²) in [5.74, 6) is 0. The molecule has 0 amide bonds. The molecule has 0 fully saturated rings. The van der Waals surface area contributed by atoms with Crippen molar-refractivity contribution >= 4 is 82.4 Å². The van der Waals surface area contributed by atoms with Crippen LogP contribution in [0.3, 0.4) is 0 Å². The van der Waals surface area contributed by atoms with Crippen LogP contribution >= 0.6 is 0 Å². The Kier molecular flexibility index (Phi) is 6.55. The molecular formula is C50H32N2O. The maximum Gasteiger partial charge on any atom is 0.135 e. The summed E-state index contributed by atoms with van der Waals surface area (Å²) in [6.45, 7) is 0. The van der Waals surface area contributed by atoms with Crippen LogP contribution < -0.4 is 4.90 Å². The van der Waals surface area contributed by atoms with Crippen LogP contribution in [0.15, 0.2) is 199 Å². The largest absolute Gasteiger partial charge is 0.456 e. The summed E-state index contributed by atoms with van der Waals surface area (Å²) < 4.78 is 8.72. The van der Waals surface area contributed by atoms with Crippen LogP contribution in [0.4, 0.5) is 17.1 Å². The highest BCUT2D eigenvalue weighted by molar-refractivity contribution is 6.12. The van der Waals surface area contributed by atoms with E-state index in [1.54, 1.807) is 0 Å². The predicted molar refractivity (Wildman–Crippen MR) is 223 cm³/mol. The highest BCUT2D eigenvalue weighted by atomic mass is 16.3. The third-order valence-electron chi connectivity index (χ3n) is 10.7. The summed E-state index contributed by atoms with van der Waals surface area (Å²) in [5, 5.41) is 9.50. The Morgan fingerprint density at radius 3 is 1.75 bits per heavy atom. The van der Waals surface area contributed by atoms with E-state index in [1.165, 1.54) is 48.9 Å². The van der Waals surface area contributed by atoms with Crippen molar-refractivity contribution in [2.75, 3.05) is 4.90 Å². The van der Waals surface area contributed by atoms with Gasteiger partial charge in [-0.25, -0.2) is 0 Å². The minimum Gasteiger partial charge on any atom is -0.456 e. The van der Waals surface area contributed by atoms with Gasteiger partial charge in [-0.1, -0.05) is 133 Å². The fourth-order valence-electron chi connectivity index (χ4n) is 8.41. The first-order valence-corrected chi connectivity index (χ1v) is 18.1. The van der Waals surface area contributed by atoms with Crippen molar-refractivity contribution in [3.8, 4) is 16.8 Å². The summed E-state index contributed by atoms with van der Waals surface area (Å²) in [6, 6.07) is 69.9. The summed E-state index contributed by atoms with van der Waals surface area (Å²) in [6.07, 6.45) is 0. The second-order valence-corrected chi connectivity index (χ2v) is 13.7. The quantitative estimate of drug-likeness (QED) is 0.181. The Bertz CT molecular complexity index is 3140. The number of para-hydroxylation sites is 4. The van der Waals surface area contributed by atoms with Crippen LogP contribution in [-0.2, 0) is 0 Å². The fourth-order valence-corrected chi connectivity index (χ4v) is 8.41. The topological polar surface area (TPSA) is 21.3 Å². The molecule has 11 rings (SSSR count). The SMILES string of the molecule is c1ccc(N(c2ccc3oc4ccccc4c3c2)c2cccc3ccccc23)c(-c2cc(-n3c4ccccc4c4ccccc43)cc3ccccc23)c1. The molecule has 0 N–H and O–H groups in total. The molecule has 9 aromatic carbocycles. The number of anilines is 3. The lowest BCUT2D eigenvalue weighted by molar-refractivity contribution is 0.669. The first kappa shape index (κ1) is 29.6. The molecule has 11 aromatic rings. The van der Waals surface area contributed by atoms with E-state index < -0.39 is 0 Å². The lowest BCUT2D eigenvalue weighted by Crippen LogP contribution is -2.12. The minimum atomic E-state index is 0.881. The maximum atomic E-state index is 6.30. The molecule has 3 heteroatoms. The third-order valence-corrected chi connectivity index (χ3v) is 10.7. The van der Waals surface area contributed by atoms with Crippen molar-refractivity contribution in [3.63, 3.8) is 0 Å². The van der Waals surface area contributed by atoms with E-state index in [1.807, 2.05) is 12.1 Å². The lowest BCUT2D eigenvalue weighted by atomic mass is 9.94. The Labute approximate surface area is 306 Å². The van der Waals surface area contributed by atoms with Gasteiger partial charge in [-0.05, 0) is 82.4 Å². The van der Waals surface area contributed by atoms with E-state index in [-0.39, 0.29) is 0 Å². The van der Waals surface area contributed by atoms with Gasteiger partial charge in [0, 0.05) is 43.9 Å². The number of hydrogen-bond donors (Lipinski definition) is 0. The van der Waals surface area contributed by atoms with Crippen LogP contribution in [0.1, 0.15) is 0 Å². The Balaban J connectivity index is 1.21. The number of aromatic nitrogens is 1. The van der Waals surface area contributed by atoms with Crippen LogP contribution in [0.25, 0.3) is 82.1 Å². The zero-order valence-electron chi connectivity index (χ0n) is 28.8. The average Bonchev–Trinajstić information content (AvgIpc) is 3.76. The molecule has 0 saturated carbocycles. The van der Waals surface area contributed by atoms with Crippen LogP contribution in [0, 0.1) is 0 Å². The Hall–Kier alpha value is -7.10. The zero-order chi connectivity index (χ0) is 34.9. The second-order valence-electron chi connectivity index (χ2n) is 13.7. The summed E-state index contributed by atoms with van der Waals surface area (Å²) >= 11 is 0. The highest BCUT2D eigenvalue weighted by Crippen LogP contribution is 2.47. The molecule has 0 saturated heterocycles. The number of hydrogen-bond acceptors (Lipinski definition) is 2. The van der Waals surface area contributed by atoms with Crippen molar-refractivity contribution in [2.24, 2.45) is 0 Å². The smallest absolute Gasteiger partial charge is 0.135 e. The van der Waals surface area contributed by atoms with Crippen molar-refractivity contribution in [1.82, 2.24) is 4.57 Å². The molecule has 2 heterocycles. The number of rotatable bonds is 5. The van der Waals surface area contributed by atoms with Crippen molar-refractivity contribution in [1.29, 1.82) is 0 Å². The van der Waals surface area contributed by atoms with Gasteiger partial charge in [0.05, 0.1) is 22.4 Å². The number of benzene rings is 9. The van der Waals surface area contributed by atoms with Crippen molar-refractivity contribution in [3.05, 3.63) is 194 Å². The first-order chi connectivity index (χ1) is 26.3. The van der Waals surface area contributed by atoms with Crippen LogP contribution in [0.2, 0.25) is 0 Å². The van der Waals surface area contributed by atoms with E-state index in [0.717, 1.165) is 50.3 Å². The average molecular weight is 677 g/mol. The number of fused-ring (bicyclic) bond motifs is 8. The van der Waals surface area contributed by atoms with Gasteiger partial charge in [0.2, 0.25) is 0 Å². The summed E-state index contributed by atoms with van der Waals surface area (Å²) in [7, 11) is 0. The van der Waals surface area contributed by atoms with Gasteiger partial charge in [-0.15, -0.1) is 0 Å². The first-order valence-electron chi connectivity index (χ1n) is 18.1. The van der Waals surface area contributed by atoms with Crippen molar-refractivity contribution in [2.45, 2.75) is 0 Å². The Morgan fingerprint density at radius 2 is 0.943 bits per heavy atom. The van der Waals surface area contributed by atoms with Gasteiger partial charge >= 0.3 is 0 Å². The number of furan rings is 1.